The van der Waals surface area contributed by atoms with Gasteiger partial charge in [-0.15, -0.1) is 0 Å². The number of aliphatic imine (C=N–C) groups is 1. The SMILES string of the molecule is CCOC(=O)Nc1nc2cc(C3=NCC(=O)c4ccc(F)cc43)c(C)cc2[nH]1. The van der Waals surface area contributed by atoms with Gasteiger partial charge in [-0.1, -0.05) is 0 Å². The number of Topliss-reactive ketones (excluding diaryl/α,β-unsaturated/α-hetero) is 1. The number of fused-ring (bicyclic) bond motifs is 2. The van der Waals surface area contributed by atoms with Crippen LogP contribution in [0.2, 0.25) is 0 Å². The Morgan fingerprint density at radius 3 is 2.86 bits per heavy atom. The number of rotatable bonds is 3. The molecule has 1 aliphatic heterocycles. The molecule has 2 aromatic carbocycles. The van der Waals surface area contributed by atoms with Crippen molar-refractivity contribution in [1.29, 1.82) is 0 Å². The fourth-order valence-corrected chi connectivity index (χ4v) is 3.25. The van der Waals surface area contributed by atoms with Crippen LogP contribution >= 0.6 is 0 Å². The van der Waals surface area contributed by atoms with Crippen LogP contribution in [0, 0.1) is 12.7 Å². The lowest BCUT2D eigenvalue weighted by atomic mass is 9.90. The number of halogens is 1. The lowest BCUT2D eigenvalue weighted by Gasteiger charge is -2.17. The van der Waals surface area contributed by atoms with Crippen molar-refractivity contribution in [2.75, 3.05) is 18.5 Å². The lowest BCUT2D eigenvalue weighted by molar-refractivity contribution is 0.1000. The molecule has 0 aliphatic carbocycles. The number of anilines is 1. The highest BCUT2D eigenvalue weighted by atomic mass is 19.1. The van der Waals surface area contributed by atoms with Crippen LogP contribution < -0.4 is 5.32 Å². The van der Waals surface area contributed by atoms with Crippen molar-refractivity contribution in [2.45, 2.75) is 13.8 Å². The quantitative estimate of drug-likeness (QED) is 0.725. The number of hydrogen-bond donors (Lipinski definition) is 2. The molecule has 1 amide bonds. The smallest absolute Gasteiger partial charge is 0.413 e. The Morgan fingerprint density at radius 1 is 1.25 bits per heavy atom. The van der Waals surface area contributed by atoms with E-state index in [-0.39, 0.29) is 24.9 Å². The number of hydrogen-bond acceptors (Lipinski definition) is 5. The van der Waals surface area contributed by atoms with E-state index < -0.39 is 11.9 Å². The molecule has 1 aromatic heterocycles. The predicted octanol–water partition coefficient (Wildman–Crippen LogP) is 3.61. The number of amides is 1. The molecule has 1 aliphatic rings. The topological polar surface area (TPSA) is 96.4 Å². The number of ketones is 1. The van der Waals surface area contributed by atoms with Crippen LogP contribution in [0.5, 0.6) is 0 Å². The maximum Gasteiger partial charge on any atom is 0.413 e. The normalized spacial score (nSPS) is 13.2. The first kappa shape index (κ1) is 17.8. The molecule has 4 rings (SSSR count). The van der Waals surface area contributed by atoms with E-state index in [0.717, 1.165) is 16.6 Å². The molecule has 7 nitrogen and oxygen atoms in total. The second kappa shape index (κ2) is 6.88. The van der Waals surface area contributed by atoms with Gasteiger partial charge in [-0.25, -0.2) is 14.2 Å². The van der Waals surface area contributed by atoms with E-state index in [9.17, 15) is 14.0 Å². The number of ether oxygens (including phenoxy) is 1. The summed E-state index contributed by atoms with van der Waals surface area (Å²) in [5, 5.41) is 2.53. The van der Waals surface area contributed by atoms with E-state index in [1.807, 2.05) is 13.0 Å². The highest BCUT2D eigenvalue weighted by Crippen LogP contribution is 2.26. The zero-order valence-corrected chi connectivity index (χ0v) is 15.3. The van der Waals surface area contributed by atoms with E-state index in [1.165, 1.54) is 18.2 Å². The molecule has 0 bridgehead atoms. The Labute approximate surface area is 159 Å². The highest BCUT2D eigenvalue weighted by Gasteiger charge is 2.24. The maximum atomic E-state index is 13.8. The van der Waals surface area contributed by atoms with Gasteiger partial charge in [0.05, 0.1) is 23.4 Å². The third kappa shape index (κ3) is 3.13. The Morgan fingerprint density at radius 2 is 2.07 bits per heavy atom. The number of aryl methyl sites for hydroxylation is 1. The second-order valence-electron chi connectivity index (χ2n) is 6.39. The van der Waals surface area contributed by atoms with Gasteiger partial charge in [-0.2, -0.15) is 0 Å². The van der Waals surface area contributed by atoms with Crippen molar-refractivity contribution < 1.29 is 18.7 Å². The van der Waals surface area contributed by atoms with Gasteiger partial charge in [0.2, 0.25) is 5.95 Å². The molecule has 28 heavy (non-hydrogen) atoms. The van der Waals surface area contributed by atoms with Crippen LogP contribution in [0.1, 0.15) is 34.0 Å². The monoisotopic (exact) mass is 380 g/mol. The Bertz CT molecular complexity index is 1150. The summed E-state index contributed by atoms with van der Waals surface area (Å²) in [6, 6.07) is 7.77. The summed E-state index contributed by atoms with van der Waals surface area (Å²) in [6.07, 6.45) is -0.599. The van der Waals surface area contributed by atoms with Gasteiger partial charge < -0.3 is 9.72 Å². The first-order valence-corrected chi connectivity index (χ1v) is 8.78. The first-order chi connectivity index (χ1) is 13.5. The van der Waals surface area contributed by atoms with Crippen molar-refractivity contribution in [3.05, 3.63) is 58.4 Å². The average molecular weight is 380 g/mol. The van der Waals surface area contributed by atoms with E-state index in [4.69, 9.17) is 4.74 Å². The minimum Gasteiger partial charge on any atom is -0.450 e. The summed E-state index contributed by atoms with van der Waals surface area (Å²) < 4.78 is 18.7. The van der Waals surface area contributed by atoms with Gasteiger partial charge in [0.15, 0.2) is 5.78 Å². The van der Waals surface area contributed by atoms with Gasteiger partial charge in [-0.3, -0.25) is 15.1 Å². The number of aromatic nitrogens is 2. The largest absolute Gasteiger partial charge is 0.450 e. The van der Waals surface area contributed by atoms with Crippen LogP contribution in [0.15, 0.2) is 35.3 Å². The number of imidazole rings is 1. The van der Waals surface area contributed by atoms with Gasteiger partial charge >= 0.3 is 6.09 Å². The van der Waals surface area contributed by atoms with Gasteiger partial charge in [-0.05, 0) is 49.7 Å². The molecule has 0 spiro atoms. The van der Waals surface area contributed by atoms with Crippen molar-refractivity contribution >= 4 is 34.6 Å². The van der Waals surface area contributed by atoms with Crippen molar-refractivity contribution in [3.63, 3.8) is 0 Å². The van der Waals surface area contributed by atoms with E-state index in [1.54, 1.807) is 13.0 Å². The molecule has 142 valence electrons. The van der Waals surface area contributed by atoms with E-state index in [2.05, 4.69) is 20.3 Å². The van der Waals surface area contributed by atoms with Crippen molar-refractivity contribution in [3.8, 4) is 0 Å². The molecule has 0 radical (unpaired) electrons. The Kier molecular flexibility index (Phi) is 4.38. The summed E-state index contributed by atoms with van der Waals surface area (Å²) in [4.78, 5) is 35.5. The predicted molar refractivity (Wildman–Crippen MR) is 103 cm³/mol. The number of nitrogens with zero attached hydrogens (tertiary/aromatic N) is 2. The zero-order chi connectivity index (χ0) is 19.8. The average Bonchev–Trinajstić information content (AvgIpc) is 3.02. The fourth-order valence-electron chi connectivity index (χ4n) is 3.25. The molecule has 2 N–H and O–H groups in total. The molecule has 0 unspecified atom stereocenters. The Hall–Kier alpha value is -3.55. The third-order valence-electron chi connectivity index (χ3n) is 4.50. The number of carbonyl (C=O) groups excluding carboxylic acids is 2. The van der Waals surface area contributed by atoms with Gasteiger partial charge in [0, 0.05) is 16.7 Å². The van der Waals surface area contributed by atoms with E-state index in [0.29, 0.717) is 22.4 Å². The van der Waals surface area contributed by atoms with Crippen LogP contribution in [0.3, 0.4) is 0 Å². The molecule has 0 fully saturated rings. The van der Waals surface area contributed by atoms with Gasteiger partial charge in [0.25, 0.3) is 0 Å². The maximum absolute atomic E-state index is 13.8. The standard InChI is InChI=1S/C20H17FN4O3/c1-3-28-20(27)25-19-23-15-6-10(2)13(8-16(15)24-19)18-14-7-11(21)4-5-12(14)17(26)9-22-18/h4-8H,3,9H2,1-2H3,(H2,23,24,25,27). The number of nitrogens with one attached hydrogen (secondary N) is 2. The van der Waals surface area contributed by atoms with Gasteiger partial charge in [0.1, 0.15) is 12.4 Å². The summed E-state index contributed by atoms with van der Waals surface area (Å²) in [6.45, 7) is 3.88. The molecular weight excluding hydrogens is 363 g/mol. The lowest BCUT2D eigenvalue weighted by Crippen LogP contribution is -2.20. The number of aromatic amines is 1. The molecule has 8 heteroatoms. The van der Waals surface area contributed by atoms with Crippen LogP contribution in [-0.2, 0) is 4.74 Å². The van der Waals surface area contributed by atoms with Crippen LogP contribution in [0.25, 0.3) is 11.0 Å². The highest BCUT2D eigenvalue weighted by molar-refractivity contribution is 6.22. The minimum atomic E-state index is -0.599. The second-order valence-corrected chi connectivity index (χ2v) is 6.39. The molecule has 0 saturated carbocycles. The zero-order valence-electron chi connectivity index (χ0n) is 15.3. The van der Waals surface area contributed by atoms with Crippen molar-refractivity contribution in [1.82, 2.24) is 9.97 Å². The molecule has 0 atom stereocenters. The van der Waals surface area contributed by atoms with Crippen molar-refractivity contribution in [2.24, 2.45) is 4.99 Å². The fraction of sp³-hybridized carbons (Fsp3) is 0.200. The summed E-state index contributed by atoms with van der Waals surface area (Å²) in [7, 11) is 0. The summed E-state index contributed by atoms with van der Waals surface area (Å²) in [5.41, 5.74) is 4.43. The third-order valence-corrected chi connectivity index (χ3v) is 4.50. The van der Waals surface area contributed by atoms with Crippen LogP contribution in [0.4, 0.5) is 15.1 Å². The minimum absolute atomic E-state index is 0.0155. The van der Waals surface area contributed by atoms with E-state index >= 15 is 0 Å². The molecule has 3 aromatic rings. The summed E-state index contributed by atoms with van der Waals surface area (Å²) in [5.74, 6) is -0.309. The molecule has 0 saturated heterocycles. The number of benzene rings is 2. The number of H-pyrrole nitrogens is 1. The number of carbonyl (C=O) groups is 2. The molecular formula is C20H17FN4O3. The van der Waals surface area contributed by atoms with Crippen LogP contribution in [-0.4, -0.2) is 40.7 Å². The molecule has 2 heterocycles. The first-order valence-electron chi connectivity index (χ1n) is 8.78. The summed E-state index contributed by atoms with van der Waals surface area (Å²) >= 11 is 0. The Balaban J connectivity index is 1.77.